The van der Waals surface area contributed by atoms with Gasteiger partial charge in [-0.2, -0.15) is 0 Å². The number of halogens is 1. The summed E-state index contributed by atoms with van der Waals surface area (Å²) >= 11 is 0. The van der Waals surface area contributed by atoms with E-state index in [4.69, 9.17) is 9.47 Å². The molecule has 112 valence electrons. The Bertz CT molecular complexity index is 430. The van der Waals surface area contributed by atoms with Crippen LogP contribution in [0.1, 0.15) is 45.2 Å². The van der Waals surface area contributed by atoms with Crippen LogP contribution in [0, 0.1) is 5.82 Å². The van der Waals surface area contributed by atoms with Crippen LogP contribution in [0.3, 0.4) is 0 Å². The predicted octanol–water partition coefficient (Wildman–Crippen LogP) is 3.44. The summed E-state index contributed by atoms with van der Waals surface area (Å²) in [5.74, 6) is 0.0112. The van der Waals surface area contributed by atoms with Crippen LogP contribution in [0.4, 0.5) is 4.39 Å². The highest BCUT2D eigenvalue weighted by Gasteiger charge is 2.17. The standard InChI is InChI=1S/C16H24FNO2/c1-11(2)20-16-7-6-13(9-15(16)17)12(3)18-10-14-5-4-8-19-14/h6-7,9,11-12,14,18H,4-5,8,10H2,1-3H3/t12-,14-/m1/s1. The molecule has 4 heteroatoms. The Morgan fingerprint density at radius 3 is 2.80 bits per heavy atom. The van der Waals surface area contributed by atoms with Gasteiger partial charge in [0.1, 0.15) is 0 Å². The number of hydrogen-bond acceptors (Lipinski definition) is 3. The lowest BCUT2D eigenvalue weighted by Crippen LogP contribution is -2.28. The van der Waals surface area contributed by atoms with Crippen molar-refractivity contribution in [2.24, 2.45) is 0 Å². The molecule has 1 N–H and O–H groups in total. The molecule has 1 heterocycles. The molecule has 3 nitrogen and oxygen atoms in total. The number of rotatable bonds is 6. The largest absolute Gasteiger partial charge is 0.488 e. The van der Waals surface area contributed by atoms with Gasteiger partial charge < -0.3 is 14.8 Å². The van der Waals surface area contributed by atoms with Gasteiger partial charge in [-0.3, -0.25) is 0 Å². The van der Waals surface area contributed by atoms with Crippen molar-refractivity contribution in [2.45, 2.75) is 51.9 Å². The summed E-state index contributed by atoms with van der Waals surface area (Å²) in [5, 5.41) is 3.40. The van der Waals surface area contributed by atoms with Crippen molar-refractivity contribution in [1.82, 2.24) is 5.32 Å². The van der Waals surface area contributed by atoms with E-state index in [1.54, 1.807) is 12.1 Å². The van der Waals surface area contributed by atoms with Crippen LogP contribution in [-0.2, 0) is 4.74 Å². The quantitative estimate of drug-likeness (QED) is 0.866. The van der Waals surface area contributed by atoms with Gasteiger partial charge >= 0.3 is 0 Å². The number of benzene rings is 1. The summed E-state index contributed by atoms with van der Waals surface area (Å²) in [6.07, 6.45) is 2.52. The highest BCUT2D eigenvalue weighted by molar-refractivity contribution is 5.31. The van der Waals surface area contributed by atoms with Crippen LogP contribution >= 0.6 is 0 Å². The molecular weight excluding hydrogens is 257 g/mol. The van der Waals surface area contributed by atoms with Crippen molar-refractivity contribution in [1.29, 1.82) is 0 Å². The number of nitrogens with one attached hydrogen (secondary N) is 1. The van der Waals surface area contributed by atoms with Gasteiger partial charge in [0, 0.05) is 19.2 Å². The van der Waals surface area contributed by atoms with E-state index < -0.39 is 0 Å². The minimum Gasteiger partial charge on any atom is -0.488 e. The Morgan fingerprint density at radius 1 is 1.40 bits per heavy atom. The van der Waals surface area contributed by atoms with Gasteiger partial charge in [0.05, 0.1) is 12.2 Å². The first-order valence-corrected chi connectivity index (χ1v) is 7.37. The van der Waals surface area contributed by atoms with E-state index in [1.165, 1.54) is 0 Å². The SMILES string of the molecule is CC(C)Oc1ccc([C@@H](C)NC[C@H]2CCCO2)cc1F. The molecule has 1 aromatic carbocycles. The smallest absolute Gasteiger partial charge is 0.165 e. The van der Waals surface area contributed by atoms with Crippen molar-refractivity contribution in [2.75, 3.05) is 13.2 Å². The predicted molar refractivity (Wildman–Crippen MR) is 77.6 cm³/mol. The fourth-order valence-corrected chi connectivity index (χ4v) is 2.37. The molecule has 0 aromatic heterocycles. The Morgan fingerprint density at radius 2 is 2.20 bits per heavy atom. The van der Waals surface area contributed by atoms with E-state index >= 15 is 0 Å². The zero-order valence-corrected chi connectivity index (χ0v) is 12.5. The average molecular weight is 281 g/mol. The average Bonchev–Trinajstić information content (AvgIpc) is 2.91. The van der Waals surface area contributed by atoms with E-state index in [0.29, 0.717) is 11.9 Å². The summed E-state index contributed by atoms with van der Waals surface area (Å²) in [4.78, 5) is 0. The van der Waals surface area contributed by atoms with Gasteiger partial charge in [0.15, 0.2) is 11.6 Å². The van der Waals surface area contributed by atoms with Crippen LogP contribution in [-0.4, -0.2) is 25.4 Å². The fraction of sp³-hybridized carbons (Fsp3) is 0.625. The van der Waals surface area contributed by atoms with Gasteiger partial charge in [-0.05, 0) is 51.3 Å². The first-order chi connectivity index (χ1) is 9.56. The van der Waals surface area contributed by atoms with Gasteiger partial charge in [0.25, 0.3) is 0 Å². The second kappa shape index (κ2) is 7.04. The molecule has 2 atom stereocenters. The van der Waals surface area contributed by atoms with Crippen LogP contribution < -0.4 is 10.1 Å². The van der Waals surface area contributed by atoms with E-state index in [0.717, 1.165) is 31.6 Å². The third kappa shape index (κ3) is 4.18. The Hall–Kier alpha value is -1.13. The molecule has 1 fully saturated rings. The summed E-state index contributed by atoms with van der Waals surface area (Å²) in [6.45, 7) is 7.48. The monoisotopic (exact) mass is 281 g/mol. The highest BCUT2D eigenvalue weighted by atomic mass is 19.1. The minimum absolute atomic E-state index is 0.0228. The lowest BCUT2D eigenvalue weighted by atomic mass is 10.1. The van der Waals surface area contributed by atoms with E-state index in [9.17, 15) is 4.39 Å². The molecular formula is C16H24FNO2. The summed E-state index contributed by atoms with van der Waals surface area (Å²) in [5.41, 5.74) is 0.927. The topological polar surface area (TPSA) is 30.5 Å². The van der Waals surface area contributed by atoms with E-state index in [-0.39, 0.29) is 18.0 Å². The zero-order chi connectivity index (χ0) is 14.5. The molecule has 0 saturated carbocycles. The molecule has 0 aliphatic carbocycles. The highest BCUT2D eigenvalue weighted by Crippen LogP contribution is 2.23. The summed E-state index contributed by atoms with van der Waals surface area (Å²) in [6, 6.07) is 5.26. The molecule has 1 aromatic rings. The molecule has 0 bridgehead atoms. The second-order valence-corrected chi connectivity index (χ2v) is 5.62. The number of hydrogen-bond donors (Lipinski definition) is 1. The normalized spacial score (nSPS) is 20.4. The lowest BCUT2D eigenvalue weighted by molar-refractivity contribution is 0.108. The molecule has 1 saturated heterocycles. The van der Waals surface area contributed by atoms with Crippen molar-refractivity contribution in [3.8, 4) is 5.75 Å². The second-order valence-electron chi connectivity index (χ2n) is 5.62. The fourth-order valence-electron chi connectivity index (χ4n) is 2.37. The molecule has 0 radical (unpaired) electrons. The first kappa shape index (κ1) is 15.3. The van der Waals surface area contributed by atoms with Crippen LogP contribution in [0.2, 0.25) is 0 Å². The molecule has 1 aliphatic heterocycles. The van der Waals surface area contributed by atoms with Crippen molar-refractivity contribution >= 4 is 0 Å². The van der Waals surface area contributed by atoms with Crippen molar-refractivity contribution in [3.05, 3.63) is 29.6 Å². The lowest BCUT2D eigenvalue weighted by Gasteiger charge is -2.18. The van der Waals surface area contributed by atoms with Gasteiger partial charge in [-0.1, -0.05) is 6.07 Å². The van der Waals surface area contributed by atoms with Crippen LogP contribution in [0.15, 0.2) is 18.2 Å². The molecule has 0 spiro atoms. The minimum atomic E-state index is -0.304. The third-order valence-electron chi connectivity index (χ3n) is 3.49. The van der Waals surface area contributed by atoms with Crippen LogP contribution in [0.5, 0.6) is 5.75 Å². The third-order valence-corrected chi connectivity index (χ3v) is 3.49. The number of ether oxygens (including phenoxy) is 2. The van der Waals surface area contributed by atoms with Gasteiger partial charge in [0.2, 0.25) is 0 Å². The van der Waals surface area contributed by atoms with Gasteiger partial charge in [-0.25, -0.2) is 4.39 Å². The maximum absolute atomic E-state index is 13.9. The van der Waals surface area contributed by atoms with Gasteiger partial charge in [-0.15, -0.1) is 0 Å². The maximum atomic E-state index is 13.9. The van der Waals surface area contributed by atoms with Crippen LogP contribution in [0.25, 0.3) is 0 Å². The zero-order valence-electron chi connectivity index (χ0n) is 12.5. The van der Waals surface area contributed by atoms with E-state index in [1.807, 2.05) is 26.8 Å². The van der Waals surface area contributed by atoms with Crippen molar-refractivity contribution < 1.29 is 13.9 Å². The van der Waals surface area contributed by atoms with Crippen molar-refractivity contribution in [3.63, 3.8) is 0 Å². The maximum Gasteiger partial charge on any atom is 0.165 e. The summed E-state index contributed by atoms with van der Waals surface area (Å²) in [7, 11) is 0. The van der Waals surface area contributed by atoms with E-state index in [2.05, 4.69) is 5.32 Å². The molecule has 1 aliphatic rings. The molecule has 20 heavy (non-hydrogen) atoms. The Kier molecular flexibility index (Phi) is 5.38. The molecule has 0 unspecified atom stereocenters. The summed E-state index contributed by atoms with van der Waals surface area (Å²) < 4.78 is 24.9. The Balaban J connectivity index is 1.92. The molecule has 0 amide bonds. The molecule has 2 rings (SSSR count). The Labute approximate surface area is 120 Å². The first-order valence-electron chi connectivity index (χ1n) is 7.37.